The van der Waals surface area contributed by atoms with Gasteiger partial charge in [-0.2, -0.15) is 0 Å². The summed E-state index contributed by atoms with van der Waals surface area (Å²) >= 11 is 2.82. The van der Waals surface area contributed by atoms with E-state index in [1.54, 1.807) is 7.11 Å². The average molecular weight is 501 g/mol. The maximum Gasteiger partial charge on any atom is 0.341 e. The quantitative estimate of drug-likeness (QED) is 0.345. The molecule has 1 aliphatic carbocycles. The molecule has 1 aliphatic rings. The van der Waals surface area contributed by atoms with Crippen LogP contribution in [-0.2, 0) is 35.3 Å². The molecule has 34 heavy (non-hydrogen) atoms. The lowest BCUT2D eigenvalue weighted by molar-refractivity contribution is -0.113. The summed E-state index contributed by atoms with van der Waals surface area (Å²) in [4.78, 5) is 26.3. The second-order valence-corrected chi connectivity index (χ2v) is 9.96. The first-order valence-corrected chi connectivity index (χ1v) is 13.0. The third kappa shape index (κ3) is 5.28. The first-order valence-electron chi connectivity index (χ1n) is 11.2. The number of nitrogens with zero attached hydrogens (tertiary/aromatic N) is 3. The van der Waals surface area contributed by atoms with Crippen LogP contribution in [0.4, 0.5) is 5.00 Å². The Bertz CT molecular complexity index is 1170. The monoisotopic (exact) mass is 500 g/mol. The second kappa shape index (κ2) is 11.1. The van der Waals surface area contributed by atoms with Crippen molar-refractivity contribution in [2.45, 2.75) is 50.7 Å². The van der Waals surface area contributed by atoms with Crippen molar-refractivity contribution in [2.75, 3.05) is 25.3 Å². The Kier molecular flexibility index (Phi) is 7.89. The van der Waals surface area contributed by atoms with Gasteiger partial charge in [-0.05, 0) is 55.9 Å². The molecule has 3 aromatic rings. The predicted molar refractivity (Wildman–Crippen MR) is 133 cm³/mol. The maximum absolute atomic E-state index is 12.8. The number of hydrogen-bond acceptors (Lipinski definition) is 8. The summed E-state index contributed by atoms with van der Waals surface area (Å²) in [6.45, 7) is 2.73. The Morgan fingerprint density at radius 1 is 1.15 bits per heavy atom. The zero-order chi connectivity index (χ0) is 24.1. The van der Waals surface area contributed by atoms with Crippen LogP contribution >= 0.6 is 23.1 Å². The Balaban J connectivity index is 1.42. The van der Waals surface area contributed by atoms with Crippen LogP contribution < -0.4 is 10.1 Å². The Morgan fingerprint density at radius 3 is 2.62 bits per heavy atom. The number of nitrogens with one attached hydrogen (secondary N) is 1. The topological polar surface area (TPSA) is 95.3 Å². The largest absolute Gasteiger partial charge is 0.497 e. The highest BCUT2D eigenvalue weighted by Crippen LogP contribution is 2.38. The highest BCUT2D eigenvalue weighted by molar-refractivity contribution is 7.99. The third-order valence-corrected chi connectivity index (χ3v) is 7.95. The minimum Gasteiger partial charge on any atom is -0.497 e. The summed E-state index contributed by atoms with van der Waals surface area (Å²) in [7, 11) is 3.02. The summed E-state index contributed by atoms with van der Waals surface area (Å²) in [5, 5.41) is 12.9. The van der Waals surface area contributed by atoms with Gasteiger partial charge in [0, 0.05) is 17.8 Å². The minimum atomic E-state index is -0.392. The molecule has 2 aromatic heterocycles. The normalized spacial score (nSPS) is 12.8. The van der Waals surface area contributed by atoms with Crippen molar-refractivity contribution in [1.29, 1.82) is 0 Å². The summed E-state index contributed by atoms with van der Waals surface area (Å²) in [6.07, 6.45) is 4.56. The van der Waals surface area contributed by atoms with Crippen LogP contribution in [0.2, 0.25) is 0 Å². The summed E-state index contributed by atoms with van der Waals surface area (Å²) in [5.74, 6) is 1.25. The van der Waals surface area contributed by atoms with Gasteiger partial charge in [0.05, 0.1) is 25.5 Å². The number of benzene rings is 1. The molecule has 1 amide bonds. The molecule has 4 rings (SSSR count). The summed E-state index contributed by atoms with van der Waals surface area (Å²) in [6, 6.07) is 7.86. The number of methoxy groups -OCH3 is 2. The number of anilines is 1. The van der Waals surface area contributed by atoms with Crippen LogP contribution in [0.1, 0.15) is 52.0 Å². The molecule has 0 spiro atoms. The molecule has 0 fully saturated rings. The van der Waals surface area contributed by atoms with Gasteiger partial charge in [0.15, 0.2) is 5.16 Å². The van der Waals surface area contributed by atoms with Gasteiger partial charge in [0.1, 0.15) is 16.6 Å². The van der Waals surface area contributed by atoms with E-state index >= 15 is 0 Å². The van der Waals surface area contributed by atoms with Crippen molar-refractivity contribution >= 4 is 40.0 Å². The van der Waals surface area contributed by atoms with Crippen molar-refractivity contribution in [3.63, 3.8) is 0 Å². The Hall–Kier alpha value is -2.85. The number of fused-ring (bicyclic) bond motifs is 1. The number of thiophene rings is 1. The average Bonchev–Trinajstić information content (AvgIpc) is 3.42. The molecule has 0 radical (unpaired) electrons. The number of esters is 1. The number of aryl methyl sites for hydroxylation is 1. The van der Waals surface area contributed by atoms with E-state index in [4.69, 9.17) is 9.47 Å². The first kappa shape index (κ1) is 24.3. The molecule has 0 bridgehead atoms. The van der Waals surface area contributed by atoms with E-state index in [-0.39, 0.29) is 11.7 Å². The van der Waals surface area contributed by atoms with Crippen LogP contribution in [0.15, 0.2) is 29.4 Å². The van der Waals surface area contributed by atoms with Crippen molar-refractivity contribution in [2.24, 2.45) is 0 Å². The fourth-order valence-corrected chi connectivity index (χ4v) is 6.18. The SMILES string of the molecule is CCn1c(Cc2ccc(OC)cc2)nnc1SCC(=O)Nc1sc2c(c1C(=O)OC)CCCC2. The lowest BCUT2D eigenvalue weighted by Crippen LogP contribution is -2.17. The molecule has 0 unspecified atom stereocenters. The van der Waals surface area contributed by atoms with Gasteiger partial charge in [-0.25, -0.2) is 4.79 Å². The molecule has 1 N–H and O–H groups in total. The van der Waals surface area contributed by atoms with E-state index in [1.807, 2.05) is 35.8 Å². The van der Waals surface area contributed by atoms with Crippen LogP contribution in [0, 0.1) is 0 Å². The minimum absolute atomic E-state index is 0.170. The van der Waals surface area contributed by atoms with Crippen LogP contribution in [0.25, 0.3) is 0 Å². The van der Waals surface area contributed by atoms with Crippen molar-refractivity contribution in [1.82, 2.24) is 14.8 Å². The molecular weight excluding hydrogens is 472 g/mol. The van der Waals surface area contributed by atoms with E-state index in [1.165, 1.54) is 35.1 Å². The number of aromatic nitrogens is 3. The zero-order valence-electron chi connectivity index (χ0n) is 19.6. The predicted octanol–water partition coefficient (Wildman–Crippen LogP) is 4.36. The van der Waals surface area contributed by atoms with Crippen molar-refractivity contribution in [3.05, 3.63) is 51.7 Å². The Morgan fingerprint density at radius 2 is 1.91 bits per heavy atom. The van der Waals surface area contributed by atoms with Gasteiger partial charge in [-0.1, -0.05) is 23.9 Å². The van der Waals surface area contributed by atoms with E-state index < -0.39 is 5.97 Å². The molecule has 8 nitrogen and oxygen atoms in total. The van der Waals surface area contributed by atoms with Gasteiger partial charge in [-0.15, -0.1) is 21.5 Å². The smallest absolute Gasteiger partial charge is 0.341 e. The number of amides is 1. The number of hydrogen-bond donors (Lipinski definition) is 1. The third-order valence-electron chi connectivity index (χ3n) is 5.78. The number of carbonyl (C=O) groups is 2. The van der Waals surface area contributed by atoms with Crippen LogP contribution in [-0.4, -0.2) is 46.6 Å². The first-order chi connectivity index (χ1) is 16.5. The molecule has 0 aliphatic heterocycles. The summed E-state index contributed by atoms with van der Waals surface area (Å²) < 4.78 is 12.2. The number of carbonyl (C=O) groups excluding carboxylic acids is 2. The zero-order valence-corrected chi connectivity index (χ0v) is 21.2. The highest BCUT2D eigenvalue weighted by Gasteiger charge is 2.27. The number of thioether (sulfide) groups is 1. The van der Waals surface area contributed by atoms with Crippen LogP contribution in [0.3, 0.4) is 0 Å². The Labute approximate surface area is 207 Å². The van der Waals surface area contributed by atoms with E-state index in [2.05, 4.69) is 15.5 Å². The lowest BCUT2D eigenvalue weighted by atomic mass is 9.95. The molecule has 0 saturated heterocycles. The summed E-state index contributed by atoms with van der Waals surface area (Å²) in [5.41, 5.74) is 2.65. The van der Waals surface area contributed by atoms with Gasteiger partial charge in [0.2, 0.25) is 5.91 Å². The molecule has 180 valence electrons. The van der Waals surface area contributed by atoms with Gasteiger partial charge >= 0.3 is 5.97 Å². The van der Waals surface area contributed by atoms with Crippen LogP contribution in [0.5, 0.6) is 5.75 Å². The molecule has 0 saturated carbocycles. The van der Waals surface area contributed by atoms with Crippen molar-refractivity contribution < 1.29 is 19.1 Å². The van der Waals surface area contributed by atoms with E-state index in [0.29, 0.717) is 28.7 Å². The van der Waals surface area contributed by atoms with Crippen molar-refractivity contribution in [3.8, 4) is 5.75 Å². The molecule has 1 aromatic carbocycles. The van der Waals surface area contributed by atoms with Gasteiger partial charge in [-0.3, -0.25) is 4.79 Å². The number of rotatable bonds is 9. The maximum atomic E-state index is 12.8. The van der Waals surface area contributed by atoms with E-state index in [0.717, 1.165) is 48.4 Å². The fraction of sp³-hybridized carbons (Fsp3) is 0.417. The van der Waals surface area contributed by atoms with Gasteiger partial charge in [0.25, 0.3) is 0 Å². The standard InChI is InChI=1S/C24H28N4O4S2/c1-4-28-19(13-15-9-11-16(31-2)12-10-15)26-27-24(28)33-14-20(29)25-22-21(23(30)32-3)17-7-5-6-8-18(17)34-22/h9-12H,4-8,13-14H2,1-3H3,(H,25,29). The highest BCUT2D eigenvalue weighted by atomic mass is 32.2. The van der Waals surface area contributed by atoms with E-state index in [9.17, 15) is 9.59 Å². The lowest BCUT2D eigenvalue weighted by Gasteiger charge is -2.11. The molecule has 0 atom stereocenters. The molecule has 10 heteroatoms. The fourth-order valence-electron chi connectivity index (χ4n) is 4.06. The second-order valence-electron chi connectivity index (χ2n) is 7.91. The molecular formula is C24H28N4O4S2. The molecule has 2 heterocycles. The number of ether oxygens (including phenoxy) is 2. The van der Waals surface area contributed by atoms with Gasteiger partial charge < -0.3 is 19.4 Å².